The van der Waals surface area contributed by atoms with E-state index in [9.17, 15) is 0 Å². The largest absolute Gasteiger partial charge is 0.311 e. The van der Waals surface area contributed by atoms with Crippen molar-refractivity contribution in [2.75, 3.05) is 9.80 Å². The number of nitrogens with zero attached hydrogens (tertiary/aromatic N) is 2. The van der Waals surface area contributed by atoms with Crippen LogP contribution >= 0.6 is 0 Å². The predicted octanol–water partition coefficient (Wildman–Crippen LogP) is 22.3. The van der Waals surface area contributed by atoms with Gasteiger partial charge in [-0.25, -0.2) is 0 Å². The molecular weight excluding hydrogens is 1050 g/mol. The molecule has 0 bridgehead atoms. The summed E-state index contributed by atoms with van der Waals surface area (Å²) in [6.07, 6.45) is 0. The summed E-state index contributed by atoms with van der Waals surface area (Å²) in [5.41, 5.74) is 25.7. The Bertz CT molecular complexity index is 4210. The van der Waals surface area contributed by atoms with Gasteiger partial charge in [-0.1, -0.05) is 294 Å². The molecule has 0 atom stereocenters. The number of hydrogen-bond acceptors (Lipinski definition) is 2. The molecule has 3 heteroatoms. The smallest absolute Gasteiger partial charge is 0.252 e. The van der Waals surface area contributed by atoms with Crippen molar-refractivity contribution in [1.82, 2.24) is 0 Å². The van der Waals surface area contributed by atoms with E-state index in [2.05, 4.69) is 344 Å². The van der Waals surface area contributed by atoms with Gasteiger partial charge in [0.2, 0.25) is 0 Å². The fraction of sp³-hybridized carbons (Fsp3) is 0.262. The zero-order valence-electron chi connectivity index (χ0n) is 54.9. The van der Waals surface area contributed by atoms with Gasteiger partial charge in [-0.3, -0.25) is 0 Å². The average molecular weight is 1140 g/mol. The highest BCUT2D eigenvalue weighted by Crippen LogP contribution is 2.48. The van der Waals surface area contributed by atoms with Crippen LogP contribution in [0.15, 0.2) is 231 Å². The van der Waals surface area contributed by atoms with Crippen LogP contribution in [0.2, 0.25) is 0 Å². The molecule has 13 rings (SSSR count). The normalized spacial score (nSPS) is 13.0. The highest BCUT2D eigenvalue weighted by molar-refractivity contribution is 7.00. The molecule has 0 unspecified atom stereocenters. The number of anilines is 6. The lowest BCUT2D eigenvalue weighted by atomic mass is 9.33. The lowest BCUT2D eigenvalue weighted by Crippen LogP contribution is -2.61. The van der Waals surface area contributed by atoms with Crippen LogP contribution in [-0.4, -0.2) is 6.71 Å². The van der Waals surface area contributed by atoms with E-state index in [0.717, 1.165) is 5.69 Å². The van der Waals surface area contributed by atoms with E-state index in [1.54, 1.807) is 0 Å². The quantitative estimate of drug-likeness (QED) is 0.125. The summed E-state index contributed by atoms with van der Waals surface area (Å²) >= 11 is 0. The molecule has 2 aliphatic rings. The van der Waals surface area contributed by atoms with E-state index in [0.29, 0.717) is 0 Å². The zero-order valence-corrected chi connectivity index (χ0v) is 54.9. The Hall–Kier alpha value is -8.40. The summed E-state index contributed by atoms with van der Waals surface area (Å²) in [6.45, 7) is 38.5. The summed E-state index contributed by atoms with van der Waals surface area (Å²) < 4.78 is 0. The second-order valence-corrected chi connectivity index (χ2v) is 29.1. The van der Waals surface area contributed by atoms with Crippen LogP contribution < -0.4 is 26.2 Å². The van der Waals surface area contributed by atoms with Crippen molar-refractivity contribution < 1.29 is 0 Å². The van der Waals surface area contributed by atoms with Gasteiger partial charge in [-0.2, -0.15) is 0 Å². The van der Waals surface area contributed by atoms with Gasteiger partial charge in [0.15, 0.2) is 0 Å². The first kappa shape index (κ1) is 60.3. The molecule has 0 saturated carbocycles. The summed E-state index contributed by atoms with van der Waals surface area (Å²) in [5.74, 6) is 0. The Morgan fingerprint density at radius 1 is 0.264 bits per heavy atom. The Kier molecular flexibility index (Phi) is 16.0. The fourth-order valence-electron chi connectivity index (χ4n) is 12.8. The topological polar surface area (TPSA) is 6.48 Å². The summed E-state index contributed by atoms with van der Waals surface area (Å²) in [4.78, 5) is 5.13. The van der Waals surface area contributed by atoms with Crippen LogP contribution in [-0.2, 0) is 27.1 Å². The molecule has 438 valence electrons. The van der Waals surface area contributed by atoms with Crippen LogP contribution in [0.4, 0.5) is 34.1 Å². The van der Waals surface area contributed by atoms with Crippen molar-refractivity contribution >= 4 is 78.8 Å². The van der Waals surface area contributed by atoms with E-state index in [4.69, 9.17) is 0 Å². The average Bonchev–Trinajstić information content (AvgIpc) is 0.712. The fourth-order valence-corrected chi connectivity index (χ4v) is 12.8. The Morgan fingerprint density at radius 3 is 1.03 bits per heavy atom. The summed E-state index contributed by atoms with van der Waals surface area (Å²) in [7, 11) is 0. The highest BCUT2D eigenvalue weighted by atomic mass is 15.2. The lowest BCUT2D eigenvalue weighted by molar-refractivity contribution is 0.590. The predicted molar refractivity (Wildman–Crippen MR) is 383 cm³/mol. The van der Waals surface area contributed by atoms with Gasteiger partial charge < -0.3 is 9.80 Å². The van der Waals surface area contributed by atoms with Crippen molar-refractivity contribution in [3.63, 3.8) is 0 Å². The SMILES string of the molecule is CC.CC(C)(C)c1ccc(-c2c3ccccc3cc3ccccc23)cc1.CC(C)(C)c1ccc(-c2cc3c4c(c2)N(c2ccc(C(C)(C)C)cc2)c2cc(C(C)(C)C)ccc2B4c2ccc(-c4ccccc4)cc2N3c2ccc(C(C)(C)C)cc2)cc1. The van der Waals surface area contributed by atoms with Crippen molar-refractivity contribution in [2.45, 2.75) is 145 Å². The minimum atomic E-state index is -0.0239. The van der Waals surface area contributed by atoms with Gasteiger partial charge in [-0.15, -0.1) is 0 Å². The molecule has 0 amide bonds. The molecule has 0 aromatic heterocycles. The van der Waals surface area contributed by atoms with E-state index < -0.39 is 0 Å². The molecule has 0 spiro atoms. The maximum Gasteiger partial charge on any atom is 0.252 e. The highest BCUT2D eigenvalue weighted by Gasteiger charge is 2.44. The molecule has 0 aliphatic carbocycles. The van der Waals surface area contributed by atoms with E-state index in [1.165, 1.54) is 128 Å². The van der Waals surface area contributed by atoms with Crippen molar-refractivity contribution in [3.05, 3.63) is 258 Å². The maximum atomic E-state index is 2.57. The summed E-state index contributed by atoms with van der Waals surface area (Å²) in [6, 6.07) is 87.0. The van der Waals surface area contributed by atoms with Gasteiger partial charge in [0.1, 0.15) is 0 Å². The second-order valence-electron chi connectivity index (χ2n) is 29.1. The van der Waals surface area contributed by atoms with Gasteiger partial charge in [0.05, 0.1) is 0 Å². The Balaban J connectivity index is 0.000000250. The van der Waals surface area contributed by atoms with Gasteiger partial charge in [0, 0.05) is 34.1 Å². The maximum absolute atomic E-state index is 2.57. The van der Waals surface area contributed by atoms with E-state index in [1.807, 2.05) is 13.8 Å². The first-order valence-corrected chi connectivity index (χ1v) is 31.8. The third-order valence-corrected chi connectivity index (χ3v) is 17.9. The molecule has 0 saturated heterocycles. The van der Waals surface area contributed by atoms with Crippen LogP contribution in [0.1, 0.15) is 146 Å². The standard InChI is InChI=1S/C58H61BN2.C24H22.C2H6/c1-55(2,3)42-21-18-39(19-22-42)41-35-52-54-53(36-41)61(47-30-25-44(26-31-47)57(7,8)9)51-37-45(58(10,11)12)27-33-49(51)59(54)48-32-20-40(38-16-14-13-15-17-38)34-50(48)60(52)46-28-23-43(24-29-46)56(4,5)6;1-24(2,3)20-14-12-17(13-15-20)23-21-10-6-4-8-18(21)16-19-9-5-7-11-22(19)23;1-2/h13-37H,1-12H3;4-16H,1-3H3;1-2H3. The molecule has 2 heterocycles. The first-order valence-electron chi connectivity index (χ1n) is 31.8. The van der Waals surface area contributed by atoms with Gasteiger partial charge >= 0.3 is 0 Å². The molecule has 2 nitrogen and oxygen atoms in total. The van der Waals surface area contributed by atoms with Crippen LogP contribution in [0.5, 0.6) is 0 Å². The lowest BCUT2D eigenvalue weighted by Gasteiger charge is -2.45. The molecule has 0 N–H and O–H groups in total. The van der Waals surface area contributed by atoms with Gasteiger partial charge in [0.25, 0.3) is 6.71 Å². The minimum absolute atomic E-state index is 0.0239. The van der Waals surface area contributed by atoms with Crippen LogP contribution in [0.3, 0.4) is 0 Å². The third-order valence-electron chi connectivity index (χ3n) is 17.9. The van der Waals surface area contributed by atoms with E-state index >= 15 is 0 Å². The number of rotatable bonds is 5. The van der Waals surface area contributed by atoms with Crippen molar-refractivity contribution in [1.29, 1.82) is 0 Å². The van der Waals surface area contributed by atoms with Crippen molar-refractivity contribution in [2.24, 2.45) is 0 Å². The minimum Gasteiger partial charge on any atom is -0.311 e. The van der Waals surface area contributed by atoms with Gasteiger partial charge in [-0.05, 0) is 181 Å². The monoisotopic (exact) mass is 1140 g/mol. The molecule has 11 aromatic carbocycles. The Labute approximate surface area is 522 Å². The van der Waals surface area contributed by atoms with Crippen LogP contribution in [0, 0.1) is 0 Å². The number of benzene rings is 11. The molecule has 0 fully saturated rings. The molecule has 11 aromatic rings. The molecule has 0 radical (unpaired) electrons. The molecular formula is C84H89BN2. The third kappa shape index (κ3) is 11.8. The van der Waals surface area contributed by atoms with E-state index in [-0.39, 0.29) is 33.8 Å². The number of hydrogen-bond donors (Lipinski definition) is 0. The van der Waals surface area contributed by atoms with Crippen molar-refractivity contribution in [3.8, 4) is 33.4 Å². The summed E-state index contributed by atoms with van der Waals surface area (Å²) in [5, 5.41) is 5.23. The molecule has 87 heavy (non-hydrogen) atoms. The Morgan fingerprint density at radius 2 is 0.598 bits per heavy atom. The number of fused-ring (bicyclic) bond motifs is 6. The van der Waals surface area contributed by atoms with Crippen LogP contribution in [0.25, 0.3) is 54.9 Å². The molecule has 2 aliphatic heterocycles. The zero-order chi connectivity index (χ0) is 62.0. The second kappa shape index (κ2) is 23.0. The first-order chi connectivity index (χ1) is 41.3.